The van der Waals surface area contributed by atoms with Crippen molar-refractivity contribution in [2.45, 2.75) is 71.1 Å². The average Bonchev–Trinajstić information content (AvgIpc) is 3.06. The number of morpholine rings is 1. The summed E-state index contributed by atoms with van der Waals surface area (Å²) in [5.41, 5.74) is 0.298. The predicted octanol–water partition coefficient (Wildman–Crippen LogP) is 4.55. The smallest absolute Gasteiger partial charge is 0.150 e. The van der Waals surface area contributed by atoms with E-state index in [0.29, 0.717) is 23.7 Å². The van der Waals surface area contributed by atoms with Gasteiger partial charge in [-0.05, 0) is 80.0 Å². The van der Waals surface area contributed by atoms with Gasteiger partial charge in [-0.25, -0.2) is 0 Å². The van der Waals surface area contributed by atoms with Crippen LogP contribution in [0.5, 0.6) is 0 Å². The quantitative estimate of drug-likeness (QED) is 0.727. The first-order chi connectivity index (χ1) is 13.2. The van der Waals surface area contributed by atoms with E-state index in [1.54, 1.807) is 0 Å². The minimum Gasteiger partial charge on any atom is -0.379 e. The van der Waals surface area contributed by atoms with Crippen LogP contribution >= 0.6 is 0 Å². The van der Waals surface area contributed by atoms with Crippen LogP contribution < -0.4 is 0 Å². The van der Waals surface area contributed by atoms with Crippen LogP contribution in [0.1, 0.15) is 71.1 Å². The van der Waals surface area contributed by atoms with Crippen molar-refractivity contribution in [2.24, 2.45) is 40.9 Å². The monoisotopic (exact) mass is 373 g/mol. The fourth-order valence-electron chi connectivity index (χ4n) is 8.45. The van der Waals surface area contributed by atoms with E-state index in [9.17, 15) is 4.79 Å². The van der Waals surface area contributed by atoms with Crippen LogP contribution in [0, 0.1) is 40.9 Å². The number of rotatable bonds is 3. The normalized spacial score (nSPS) is 47.7. The van der Waals surface area contributed by atoms with E-state index in [4.69, 9.17) is 4.74 Å². The standard InChI is InChI=1S/C24H39NO2/c1-24-11-10-19-18-5-3-2-4-17(18)6-7-20(19)21(24)8-9-22(24)23(26)16-25-12-14-27-15-13-25/h17-22H,2-16H2,1H3. The van der Waals surface area contributed by atoms with Gasteiger partial charge < -0.3 is 4.74 Å². The lowest BCUT2D eigenvalue weighted by atomic mass is 9.49. The molecule has 0 aromatic heterocycles. The van der Waals surface area contributed by atoms with Crippen LogP contribution in [0.3, 0.4) is 0 Å². The molecule has 0 bridgehead atoms. The molecule has 5 aliphatic rings. The number of ketones is 1. The summed E-state index contributed by atoms with van der Waals surface area (Å²) in [6.07, 6.45) is 14.2. The van der Waals surface area contributed by atoms with Gasteiger partial charge in [-0.3, -0.25) is 9.69 Å². The second-order valence-corrected chi connectivity index (χ2v) is 10.7. The minimum absolute atomic E-state index is 0.298. The molecule has 0 N–H and O–H groups in total. The summed E-state index contributed by atoms with van der Waals surface area (Å²) < 4.78 is 5.46. The van der Waals surface area contributed by atoms with Gasteiger partial charge in [0.15, 0.2) is 0 Å². The number of Topliss-reactive ketones (excluding diaryl/α,β-unsaturated/α-hetero) is 1. The van der Waals surface area contributed by atoms with E-state index in [1.165, 1.54) is 64.2 Å². The molecular formula is C24H39NO2. The van der Waals surface area contributed by atoms with Crippen LogP contribution in [0.25, 0.3) is 0 Å². The third-order valence-electron chi connectivity index (χ3n) is 9.75. The molecule has 0 aromatic carbocycles. The summed E-state index contributed by atoms with van der Waals surface area (Å²) >= 11 is 0. The summed E-state index contributed by atoms with van der Waals surface area (Å²) in [7, 11) is 0. The van der Waals surface area contributed by atoms with E-state index in [2.05, 4.69) is 11.8 Å². The van der Waals surface area contributed by atoms with E-state index < -0.39 is 0 Å². The fraction of sp³-hybridized carbons (Fsp3) is 0.958. The highest BCUT2D eigenvalue weighted by molar-refractivity contribution is 5.84. The molecule has 4 aliphatic carbocycles. The maximum atomic E-state index is 13.3. The van der Waals surface area contributed by atoms with Crippen LogP contribution in [-0.2, 0) is 9.53 Å². The second kappa shape index (κ2) is 7.44. The molecule has 4 saturated carbocycles. The van der Waals surface area contributed by atoms with E-state index in [0.717, 1.165) is 55.9 Å². The van der Waals surface area contributed by atoms with Gasteiger partial charge in [0.25, 0.3) is 0 Å². The Morgan fingerprint density at radius 1 is 0.926 bits per heavy atom. The third kappa shape index (κ3) is 3.21. The second-order valence-electron chi connectivity index (χ2n) is 10.7. The van der Waals surface area contributed by atoms with Crippen molar-refractivity contribution in [3.05, 3.63) is 0 Å². The fourth-order valence-corrected chi connectivity index (χ4v) is 8.45. The molecule has 5 fully saturated rings. The summed E-state index contributed by atoms with van der Waals surface area (Å²) in [6.45, 7) is 6.65. The summed E-state index contributed by atoms with van der Waals surface area (Å²) in [5, 5.41) is 0. The number of fused-ring (bicyclic) bond motifs is 5. The molecule has 3 heteroatoms. The maximum absolute atomic E-state index is 13.3. The topological polar surface area (TPSA) is 29.5 Å². The largest absolute Gasteiger partial charge is 0.379 e. The van der Waals surface area contributed by atoms with Crippen molar-refractivity contribution >= 4 is 5.78 Å². The van der Waals surface area contributed by atoms with E-state index >= 15 is 0 Å². The Morgan fingerprint density at radius 3 is 2.59 bits per heavy atom. The van der Waals surface area contributed by atoms with E-state index in [-0.39, 0.29) is 0 Å². The van der Waals surface area contributed by atoms with Crippen molar-refractivity contribution < 1.29 is 9.53 Å². The molecule has 1 heterocycles. The average molecular weight is 374 g/mol. The zero-order valence-electron chi connectivity index (χ0n) is 17.3. The van der Waals surface area contributed by atoms with Crippen molar-refractivity contribution in [2.75, 3.05) is 32.8 Å². The van der Waals surface area contributed by atoms with Crippen LogP contribution in [-0.4, -0.2) is 43.5 Å². The molecule has 0 amide bonds. The molecule has 7 unspecified atom stereocenters. The lowest BCUT2D eigenvalue weighted by Gasteiger charge is -2.55. The summed E-state index contributed by atoms with van der Waals surface area (Å²) in [4.78, 5) is 15.6. The Morgan fingerprint density at radius 2 is 1.74 bits per heavy atom. The Labute approximate surface area is 165 Å². The Balaban J connectivity index is 1.29. The predicted molar refractivity (Wildman–Crippen MR) is 107 cm³/mol. The lowest BCUT2D eigenvalue weighted by molar-refractivity contribution is -0.132. The SMILES string of the molecule is CC12CCC3C4CCCCC4CCC3C1CCC2C(=O)CN1CCOCC1. The Bertz CT molecular complexity index is 557. The minimum atomic E-state index is 0.298. The summed E-state index contributed by atoms with van der Waals surface area (Å²) in [6, 6.07) is 0. The first-order valence-corrected chi connectivity index (χ1v) is 12.0. The van der Waals surface area contributed by atoms with Gasteiger partial charge >= 0.3 is 0 Å². The van der Waals surface area contributed by atoms with Crippen molar-refractivity contribution in [3.8, 4) is 0 Å². The third-order valence-corrected chi connectivity index (χ3v) is 9.75. The summed E-state index contributed by atoms with van der Waals surface area (Å²) in [5.74, 6) is 5.72. The van der Waals surface area contributed by atoms with E-state index in [1.807, 2.05) is 0 Å². The molecule has 3 nitrogen and oxygen atoms in total. The molecule has 1 aliphatic heterocycles. The van der Waals surface area contributed by atoms with Gasteiger partial charge in [0.05, 0.1) is 19.8 Å². The molecule has 0 radical (unpaired) electrons. The first-order valence-electron chi connectivity index (χ1n) is 12.0. The van der Waals surface area contributed by atoms with Gasteiger partial charge in [-0.2, -0.15) is 0 Å². The highest BCUT2D eigenvalue weighted by Gasteiger charge is 2.58. The maximum Gasteiger partial charge on any atom is 0.150 e. The van der Waals surface area contributed by atoms with Crippen LogP contribution in [0.15, 0.2) is 0 Å². The molecule has 1 saturated heterocycles. The van der Waals surface area contributed by atoms with Crippen LogP contribution in [0.4, 0.5) is 0 Å². The molecule has 0 aromatic rings. The van der Waals surface area contributed by atoms with Crippen LogP contribution in [0.2, 0.25) is 0 Å². The number of hydrogen-bond donors (Lipinski definition) is 0. The highest BCUT2D eigenvalue weighted by atomic mass is 16.5. The Kier molecular flexibility index (Phi) is 5.13. The Hall–Kier alpha value is -0.410. The number of hydrogen-bond acceptors (Lipinski definition) is 3. The van der Waals surface area contributed by atoms with Gasteiger partial charge in [-0.15, -0.1) is 0 Å². The number of carbonyl (C=O) groups is 1. The van der Waals surface area contributed by atoms with Crippen molar-refractivity contribution in [1.82, 2.24) is 4.90 Å². The molecular weight excluding hydrogens is 334 g/mol. The first kappa shape index (κ1) is 18.6. The van der Waals surface area contributed by atoms with Gasteiger partial charge in [0, 0.05) is 19.0 Å². The molecule has 27 heavy (non-hydrogen) atoms. The molecule has 7 atom stereocenters. The molecule has 152 valence electrons. The number of nitrogens with zero attached hydrogens (tertiary/aromatic N) is 1. The van der Waals surface area contributed by atoms with Gasteiger partial charge in [0.2, 0.25) is 0 Å². The lowest BCUT2D eigenvalue weighted by Crippen LogP contribution is -2.50. The highest BCUT2D eigenvalue weighted by Crippen LogP contribution is 2.64. The van der Waals surface area contributed by atoms with Gasteiger partial charge in [-0.1, -0.05) is 26.2 Å². The number of carbonyl (C=O) groups excluding carboxylic acids is 1. The number of ether oxygens (including phenoxy) is 1. The van der Waals surface area contributed by atoms with Crippen molar-refractivity contribution in [1.29, 1.82) is 0 Å². The van der Waals surface area contributed by atoms with Crippen molar-refractivity contribution in [3.63, 3.8) is 0 Å². The zero-order valence-corrected chi connectivity index (χ0v) is 17.3. The van der Waals surface area contributed by atoms with Gasteiger partial charge in [0.1, 0.15) is 5.78 Å². The molecule has 0 spiro atoms. The molecule has 5 rings (SSSR count). The zero-order chi connectivity index (χ0) is 18.4.